The van der Waals surface area contributed by atoms with Gasteiger partial charge in [-0.25, -0.2) is 4.79 Å². The van der Waals surface area contributed by atoms with E-state index in [0.717, 1.165) is 25.7 Å². The molecule has 4 nitrogen and oxygen atoms in total. The van der Waals surface area contributed by atoms with Gasteiger partial charge in [0.15, 0.2) is 0 Å². The molecule has 0 aromatic heterocycles. The summed E-state index contributed by atoms with van der Waals surface area (Å²) in [5, 5.41) is 9.01. The Morgan fingerprint density at radius 1 is 1.37 bits per heavy atom. The Balaban J connectivity index is 1.60. The van der Waals surface area contributed by atoms with Crippen molar-refractivity contribution < 1.29 is 14.6 Å². The van der Waals surface area contributed by atoms with Crippen molar-refractivity contribution in [2.24, 2.45) is 0 Å². The van der Waals surface area contributed by atoms with E-state index in [1.807, 2.05) is 18.2 Å². The second-order valence-electron chi connectivity index (χ2n) is 4.94. The predicted octanol–water partition coefficient (Wildman–Crippen LogP) is 2.78. The number of hydrogen-bond acceptors (Lipinski definition) is 2. The van der Waals surface area contributed by atoms with Gasteiger partial charge in [0.25, 0.3) is 0 Å². The van der Waals surface area contributed by atoms with E-state index in [1.165, 1.54) is 10.5 Å². The van der Waals surface area contributed by atoms with Crippen LogP contribution in [0.1, 0.15) is 24.8 Å². The summed E-state index contributed by atoms with van der Waals surface area (Å²) in [7, 11) is 0. The maximum Gasteiger partial charge on any atom is 0.407 e. The molecule has 0 unspecified atom stereocenters. The average Bonchev–Trinajstić information content (AvgIpc) is 2.88. The monoisotopic (exact) mass is 263 g/mol. The molecule has 104 valence electrons. The number of aryl methyl sites for hydroxylation is 1. The van der Waals surface area contributed by atoms with Gasteiger partial charge in [-0.1, -0.05) is 30.3 Å². The summed E-state index contributed by atoms with van der Waals surface area (Å²) < 4.78 is 5.61. The number of carbonyl (C=O) groups is 1. The van der Waals surface area contributed by atoms with E-state index in [-0.39, 0.29) is 6.04 Å². The predicted molar refractivity (Wildman–Crippen MR) is 73.3 cm³/mol. The quantitative estimate of drug-likeness (QED) is 0.803. The lowest BCUT2D eigenvalue weighted by Crippen LogP contribution is -2.37. The van der Waals surface area contributed by atoms with Crippen LogP contribution in [0, 0.1) is 0 Å². The molecule has 1 saturated heterocycles. The third-order valence-corrected chi connectivity index (χ3v) is 3.53. The molecule has 1 aliphatic heterocycles. The molecule has 1 N–H and O–H groups in total. The van der Waals surface area contributed by atoms with Crippen LogP contribution >= 0.6 is 0 Å². The summed E-state index contributed by atoms with van der Waals surface area (Å²) >= 11 is 0. The van der Waals surface area contributed by atoms with Gasteiger partial charge < -0.3 is 14.7 Å². The highest BCUT2D eigenvalue weighted by Crippen LogP contribution is 2.17. The standard InChI is InChI=1S/C15H21NO3/c17-15(18)16-10-4-9-14(16)12-19-11-5-8-13-6-2-1-3-7-13/h1-3,6-7,14H,4-5,8-12H2,(H,17,18)/t14-/m1/s1. The fraction of sp³-hybridized carbons (Fsp3) is 0.533. The van der Waals surface area contributed by atoms with Crippen LogP contribution in [0.15, 0.2) is 30.3 Å². The van der Waals surface area contributed by atoms with Crippen LogP contribution in [-0.2, 0) is 11.2 Å². The Morgan fingerprint density at radius 3 is 2.89 bits per heavy atom. The first-order chi connectivity index (χ1) is 9.27. The van der Waals surface area contributed by atoms with Crippen LogP contribution in [0.4, 0.5) is 4.79 Å². The van der Waals surface area contributed by atoms with E-state index in [4.69, 9.17) is 9.84 Å². The zero-order chi connectivity index (χ0) is 13.5. The van der Waals surface area contributed by atoms with Crippen molar-refractivity contribution in [3.8, 4) is 0 Å². The van der Waals surface area contributed by atoms with Gasteiger partial charge in [-0.2, -0.15) is 0 Å². The van der Waals surface area contributed by atoms with Gasteiger partial charge in [-0.05, 0) is 31.2 Å². The van der Waals surface area contributed by atoms with E-state index < -0.39 is 6.09 Å². The molecule has 0 radical (unpaired) electrons. The van der Waals surface area contributed by atoms with E-state index >= 15 is 0 Å². The molecule has 1 amide bonds. The van der Waals surface area contributed by atoms with Crippen LogP contribution in [0.5, 0.6) is 0 Å². The highest BCUT2D eigenvalue weighted by Gasteiger charge is 2.28. The van der Waals surface area contributed by atoms with Gasteiger partial charge in [0.05, 0.1) is 12.6 Å². The molecule has 19 heavy (non-hydrogen) atoms. The Morgan fingerprint density at radius 2 is 2.16 bits per heavy atom. The van der Waals surface area contributed by atoms with Gasteiger partial charge >= 0.3 is 6.09 Å². The minimum absolute atomic E-state index is 0.0502. The Labute approximate surface area is 114 Å². The Kier molecular flexibility index (Phi) is 5.21. The summed E-state index contributed by atoms with van der Waals surface area (Å²) in [5.41, 5.74) is 1.32. The van der Waals surface area contributed by atoms with Gasteiger partial charge in [0, 0.05) is 13.2 Å². The maximum atomic E-state index is 11.0. The maximum absolute atomic E-state index is 11.0. The molecule has 1 aromatic carbocycles. The minimum Gasteiger partial charge on any atom is -0.465 e. The molecule has 0 aliphatic carbocycles. The van der Waals surface area contributed by atoms with Crippen LogP contribution in [0.25, 0.3) is 0 Å². The van der Waals surface area contributed by atoms with Crippen molar-refractivity contribution in [3.63, 3.8) is 0 Å². The number of likely N-dealkylation sites (tertiary alicyclic amines) is 1. The van der Waals surface area contributed by atoms with E-state index in [1.54, 1.807) is 0 Å². The smallest absolute Gasteiger partial charge is 0.407 e. The Hall–Kier alpha value is -1.55. The third kappa shape index (κ3) is 4.24. The van der Waals surface area contributed by atoms with Crippen molar-refractivity contribution in [2.45, 2.75) is 31.7 Å². The molecule has 4 heteroatoms. The molecule has 1 atom stereocenters. The van der Waals surface area contributed by atoms with Crippen LogP contribution in [0.2, 0.25) is 0 Å². The number of benzene rings is 1. The average molecular weight is 263 g/mol. The highest BCUT2D eigenvalue weighted by molar-refractivity contribution is 5.65. The van der Waals surface area contributed by atoms with Crippen molar-refractivity contribution in [3.05, 3.63) is 35.9 Å². The minimum atomic E-state index is -0.824. The van der Waals surface area contributed by atoms with Gasteiger partial charge in [-0.3, -0.25) is 0 Å². The number of nitrogens with zero attached hydrogens (tertiary/aromatic N) is 1. The van der Waals surface area contributed by atoms with E-state index in [9.17, 15) is 4.79 Å². The van der Waals surface area contributed by atoms with Crippen LogP contribution in [-0.4, -0.2) is 41.9 Å². The van der Waals surface area contributed by atoms with E-state index in [2.05, 4.69) is 12.1 Å². The number of rotatable bonds is 6. The second-order valence-corrected chi connectivity index (χ2v) is 4.94. The molecule has 1 aliphatic rings. The number of amides is 1. The molecule has 2 rings (SSSR count). The van der Waals surface area contributed by atoms with Crippen molar-refractivity contribution in [1.29, 1.82) is 0 Å². The summed E-state index contributed by atoms with van der Waals surface area (Å²) in [5.74, 6) is 0. The number of hydrogen-bond donors (Lipinski definition) is 1. The van der Waals surface area contributed by atoms with E-state index in [0.29, 0.717) is 19.8 Å². The zero-order valence-electron chi connectivity index (χ0n) is 11.1. The summed E-state index contributed by atoms with van der Waals surface area (Å²) in [6.07, 6.45) is 3.03. The molecule has 1 aromatic rings. The van der Waals surface area contributed by atoms with Gasteiger partial charge in [0.2, 0.25) is 0 Å². The van der Waals surface area contributed by atoms with Gasteiger partial charge in [-0.15, -0.1) is 0 Å². The summed E-state index contributed by atoms with van der Waals surface area (Å²) in [4.78, 5) is 12.5. The van der Waals surface area contributed by atoms with Gasteiger partial charge in [0.1, 0.15) is 0 Å². The first kappa shape index (κ1) is 13.9. The van der Waals surface area contributed by atoms with Crippen molar-refractivity contribution >= 4 is 6.09 Å². The van der Waals surface area contributed by atoms with Crippen LogP contribution < -0.4 is 0 Å². The lowest BCUT2D eigenvalue weighted by molar-refractivity contribution is 0.0716. The second kappa shape index (κ2) is 7.14. The molecule has 1 heterocycles. The SMILES string of the molecule is O=C(O)N1CCC[C@@H]1COCCCc1ccccc1. The topological polar surface area (TPSA) is 49.8 Å². The molecule has 0 bridgehead atoms. The first-order valence-electron chi connectivity index (χ1n) is 6.88. The fourth-order valence-corrected chi connectivity index (χ4v) is 2.50. The number of carboxylic acid groups (broad SMARTS) is 1. The lowest BCUT2D eigenvalue weighted by Gasteiger charge is -2.21. The normalized spacial score (nSPS) is 18.7. The summed E-state index contributed by atoms with van der Waals surface area (Å²) in [6, 6.07) is 10.4. The highest BCUT2D eigenvalue weighted by atomic mass is 16.5. The molecular formula is C15H21NO3. The molecular weight excluding hydrogens is 242 g/mol. The van der Waals surface area contributed by atoms with Crippen LogP contribution in [0.3, 0.4) is 0 Å². The fourth-order valence-electron chi connectivity index (χ4n) is 2.50. The molecule has 0 spiro atoms. The lowest BCUT2D eigenvalue weighted by atomic mass is 10.1. The number of ether oxygens (including phenoxy) is 1. The molecule has 1 fully saturated rings. The summed E-state index contributed by atoms with van der Waals surface area (Å²) in [6.45, 7) is 1.87. The van der Waals surface area contributed by atoms with Crippen molar-refractivity contribution in [2.75, 3.05) is 19.8 Å². The zero-order valence-corrected chi connectivity index (χ0v) is 11.1. The largest absolute Gasteiger partial charge is 0.465 e. The first-order valence-corrected chi connectivity index (χ1v) is 6.88. The Bertz CT molecular complexity index is 394. The molecule has 0 saturated carbocycles. The van der Waals surface area contributed by atoms with Crippen molar-refractivity contribution in [1.82, 2.24) is 4.90 Å². The third-order valence-electron chi connectivity index (χ3n) is 3.53.